The molecule has 7 heteroatoms. The van der Waals surface area contributed by atoms with Gasteiger partial charge in [-0.2, -0.15) is 0 Å². The highest BCUT2D eigenvalue weighted by molar-refractivity contribution is 7.20. The number of aromatic nitrogens is 6. The van der Waals surface area contributed by atoms with Crippen molar-refractivity contribution in [1.82, 2.24) is 29.1 Å². The number of rotatable bonds is 6. The molecule has 10 rings (SSSR count). The summed E-state index contributed by atoms with van der Waals surface area (Å²) in [4.78, 5) is 20.8. The zero-order valence-electron chi connectivity index (χ0n) is 34.3. The van der Waals surface area contributed by atoms with E-state index in [4.69, 9.17) is 19.9 Å². The molecule has 0 aliphatic heterocycles. The second-order valence-electron chi connectivity index (χ2n) is 17.7. The Morgan fingerprint density at radius 3 is 1.19 bits per heavy atom. The number of hydrogen-bond acceptors (Lipinski definition) is 4. The third-order valence-corrected chi connectivity index (χ3v) is 16.7. The molecule has 0 fully saturated rings. The lowest BCUT2D eigenvalue weighted by molar-refractivity contribution is 0.588. The first kappa shape index (κ1) is 36.6. The molecule has 10 aromatic rings. The van der Waals surface area contributed by atoms with Crippen LogP contribution in [-0.4, -0.2) is 37.1 Å². The van der Waals surface area contributed by atoms with E-state index in [9.17, 15) is 0 Å². The van der Waals surface area contributed by atoms with Crippen molar-refractivity contribution < 1.29 is 0 Å². The quantitative estimate of drug-likeness (QED) is 0.158. The highest BCUT2D eigenvalue weighted by Gasteiger charge is 2.43. The van der Waals surface area contributed by atoms with Crippen LogP contribution in [0.3, 0.4) is 0 Å². The van der Waals surface area contributed by atoms with E-state index in [1.807, 2.05) is 12.4 Å². The van der Waals surface area contributed by atoms with Crippen LogP contribution in [0.15, 0.2) is 170 Å². The molecule has 0 bridgehead atoms. The van der Waals surface area contributed by atoms with Gasteiger partial charge in [0.1, 0.15) is 11.6 Å². The van der Waals surface area contributed by atoms with E-state index in [2.05, 4.69) is 209 Å². The van der Waals surface area contributed by atoms with Gasteiger partial charge in [-0.25, -0.2) is 9.97 Å². The summed E-state index contributed by atoms with van der Waals surface area (Å²) >= 11 is 0. The molecule has 6 nitrogen and oxygen atoms in total. The first-order valence-electron chi connectivity index (χ1n) is 20.4. The lowest BCUT2D eigenvalue weighted by Gasteiger charge is -2.34. The third kappa shape index (κ3) is 5.90. The van der Waals surface area contributed by atoms with Gasteiger partial charge in [0.15, 0.2) is 8.07 Å². The van der Waals surface area contributed by atoms with Crippen LogP contribution in [0, 0.1) is 0 Å². The molecule has 0 aliphatic carbocycles. The van der Waals surface area contributed by atoms with Crippen molar-refractivity contribution in [3.05, 3.63) is 182 Å². The zero-order chi connectivity index (χ0) is 40.5. The summed E-state index contributed by atoms with van der Waals surface area (Å²) in [5.41, 5.74) is 8.49. The number of nitrogens with zero attached hydrogens (tertiary/aromatic N) is 6. The van der Waals surface area contributed by atoms with Gasteiger partial charge in [-0.05, 0) is 91.2 Å². The van der Waals surface area contributed by atoms with Crippen molar-refractivity contribution in [3.63, 3.8) is 0 Å². The average Bonchev–Trinajstić information content (AvgIpc) is 3.77. The molecule has 59 heavy (non-hydrogen) atoms. The SMILES string of the molecule is CC(C)(C)c1ccnc(-n2c3ccccc3c3ncc([Si](c4ccccc4)(c4ccccc4)c4cnc5c6ccccc6n(-c6cc(C(C)(C)C)ccn6)c5c4)cc32)c1. The Kier molecular flexibility index (Phi) is 8.51. The first-order chi connectivity index (χ1) is 28.5. The third-order valence-electron chi connectivity index (χ3n) is 12.0. The van der Waals surface area contributed by atoms with Gasteiger partial charge in [-0.15, -0.1) is 0 Å². The lowest BCUT2D eigenvalue weighted by Crippen LogP contribution is -2.74. The van der Waals surface area contributed by atoms with E-state index in [0.717, 1.165) is 65.9 Å². The van der Waals surface area contributed by atoms with Crippen molar-refractivity contribution in [2.75, 3.05) is 0 Å². The lowest BCUT2D eigenvalue weighted by atomic mass is 9.88. The number of benzene rings is 4. The van der Waals surface area contributed by atoms with Crippen LogP contribution in [0.2, 0.25) is 0 Å². The standard InChI is InChI=1S/C52H46N6Si/c1-51(2,3)35-25-27-53-47(29-35)57-43-23-15-13-21-41(43)49-45(57)31-39(33-55-49)59(37-17-9-7-10-18-37,38-19-11-8-12-20-38)40-32-46-50(56-34-40)42-22-14-16-24-44(42)58(46)48-30-36(26-28-54-48)52(4,5)6/h7-34H,1-6H3. The summed E-state index contributed by atoms with van der Waals surface area (Å²) in [7, 11) is -3.15. The van der Waals surface area contributed by atoms with Crippen LogP contribution in [0.1, 0.15) is 52.7 Å². The predicted molar refractivity (Wildman–Crippen MR) is 247 cm³/mol. The molecule has 0 atom stereocenters. The number of para-hydroxylation sites is 2. The molecule has 0 saturated heterocycles. The molecule has 0 radical (unpaired) electrons. The van der Waals surface area contributed by atoms with Crippen LogP contribution in [-0.2, 0) is 10.8 Å². The Hall–Kier alpha value is -6.70. The minimum atomic E-state index is -3.15. The monoisotopic (exact) mass is 782 g/mol. The molecule has 0 N–H and O–H groups in total. The Balaban J connectivity index is 1.32. The maximum Gasteiger partial charge on any atom is 0.182 e. The fraction of sp³-hybridized carbons (Fsp3) is 0.154. The first-order valence-corrected chi connectivity index (χ1v) is 22.4. The van der Waals surface area contributed by atoms with Gasteiger partial charge in [-0.1, -0.05) is 139 Å². The molecule has 6 heterocycles. The van der Waals surface area contributed by atoms with Gasteiger partial charge in [0.2, 0.25) is 0 Å². The summed E-state index contributed by atoms with van der Waals surface area (Å²) in [5.74, 6) is 1.76. The summed E-state index contributed by atoms with van der Waals surface area (Å²) in [6, 6.07) is 52.7. The summed E-state index contributed by atoms with van der Waals surface area (Å²) in [6.45, 7) is 13.5. The summed E-state index contributed by atoms with van der Waals surface area (Å²) in [5, 5.41) is 7.02. The summed E-state index contributed by atoms with van der Waals surface area (Å²) in [6.07, 6.45) is 8.15. The van der Waals surface area contributed by atoms with Gasteiger partial charge < -0.3 is 0 Å². The van der Waals surface area contributed by atoms with Crippen molar-refractivity contribution in [3.8, 4) is 11.6 Å². The highest BCUT2D eigenvalue weighted by Crippen LogP contribution is 2.34. The molecule has 0 spiro atoms. The minimum absolute atomic E-state index is 0.0414. The molecule has 288 valence electrons. The number of fused-ring (bicyclic) bond motifs is 6. The maximum atomic E-state index is 5.41. The fourth-order valence-electron chi connectivity index (χ4n) is 8.95. The summed E-state index contributed by atoms with van der Waals surface area (Å²) < 4.78 is 4.61. The van der Waals surface area contributed by atoms with Gasteiger partial charge in [0, 0.05) is 35.6 Å². The van der Waals surface area contributed by atoms with Gasteiger partial charge >= 0.3 is 0 Å². The van der Waals surface area contributed by atoms with E-state index < -0.39 is 8.07 Å². The van der Waals surface area contributed by atoms with Crippen molar-refractivity contribution in [2.24, 2.45) is 0 Å². The van der Waals surface area contributed by atoms with E-state index in [0.29, 0.717) is 0 Å². The number of pyridine rings is 4. The van der Waals surface area contributed by atoms with Crippen molar-refractivity contribution >= 4 is 72.7 Å². The van der Waals surface area contributed by atoms with Gasteiger partial charge in [0.05, 0.1) is 33.1 Å². The topological polar surface area (TPSA) is 61.4 Å². The van der Waals surface area contributed by atoms with Crippen LogP contribution in [0.4, 0.5) is 0 Å². The maximum absolute atomic E-state index is 5.41. The van der Waals surface area contributed by atoms with Gasteiger partial charge in [0.25, 0.3) is 0 Å². The van der Waals surface area contributed by atoms with Crippen LogP contribution in [0.25, 0.3) is 55.5 Å². The zero-order valence-corrected chi connectivity index (χ0v) is 35.3. The molecule has 4 aromatic carbocycles. The predicted octanol–water partition coefficient (Wildman–Crippen LogP) is 9.43. The molecule has 0 aliphatic rings. The second kappa shape index (κ2) is 13.7. The van der Waals surface area contributed by atoms with E-state index in [1.54, 1.807) is 0 Å². The Bertz CT molecular complexity index is 2970. The molecule has 0 unspecified atom stereocenters. The molecule has 0 saturated carbocycles. The van der Waals surface area contributed by atoms with Crippen molar-refractivity contribution in [1.29, 1.82) is 0 Å². The second-order valence-corrected chi connectivity index (χ2v) is 21.5. The Morgan fingerprint density at radius 2 is 0.780 bits per heavy atom. The molecular weight excluding hydrogens is 737 g/mol. The van der Waals surface area contributed by atoms with Crippen LogP contribution in [0.5, 0.6) is 0 Å². The normalized spacial score (nSPS) is 12.6. The average molecular weight is 783 g/mol. The van der Waals surface area contributed by atoms with E-state index in [1.165, 1.54) is 21.5 Å². The largest absolute Gasteiger partial charge is 0.292 e. The molecule has 0 amide bonds. The molecule has 6 aromatic heterocycles. The van der Waals surface area contributed by atoms with Crippen LogP contribution < -0.4 is 20.7 Å². The van der Waals surface area contributed by atoms with E-state index in [-0.39, 0.29) is 10.8 Å². The van der Waals surface area contributed by atoms with E-state index >= 15 is 0 Å². The molecular formula is C52H46N6Si. The van der Waals surface area contributed by atoms with Gasteiger partial charge in [-0.3, -0.25) is 19.1 Å². The van der Waals surface area contributed by atoms with Crippen LogP contribution >= 0.6 is 0 Å². The minimum Gasteiger partial charge on any atom is -0.292 e. The Labute approximate surface area is 345 Å². The smallest absolute Gasteiger partial charge is 0.182 e. The van der Waals surface area contributed by atoms with Crippen molar-refractivity contribution in [2.45, 2.75) is 52.4 Å². The Morgan fingerprint density at radius 1 is 0.390 bits per heavy atom. The number of hydrogen-bond donors (Lipinski definition) is 0. The fourth-order valence-corrected chi connectivity index (χ4v) is 13.6. The highest BCUT2D eigenvalue weighted by atomic mass is 28.3.